The third-order valence-corrected chi connectivity index (χ3v) is 6.58. The maximum Gasteiger partial charge on any atom is 0.407 e. The lowest BCUT2D eigenvalue weighted by atomic mass is 10.1. The minimum Gasteiger partial charge on any atom is -0.465 e. The summed E-state index contributed by atoms with van der Waals surface area (Å²) in [6.45, 7) is 0.998. The maximum absolute atomic E-state index is 14.8. The number of carbonyl (C=O) groups is 1. The Hall–Kier alpha value is -4.34. The summed E-state index contributed by atoms with van der Waals surface area (Å²) in [5.74, 6) is -0.308. The first-order chi connectivity index (χ1) is 17.0. The molecule has 1 saturated heterocycles. The van der Waals surface area contributed by atoms with E-state index < -0.39 is 6.09 Å². The summed E-state index contributed by atoms with van der Waals surface area (Å²) in [5.41, 5.74) is 4.22. The van der Waals surface area contributed by atoms with Crippen molar-refractivity contribution in [3.63, 3.8) is 0 Å². The number of aromatic nitrogens is 6. The highest BCUT2D eigenvalue weighted by Crippen LogP contribution is 2.26. The average Bonchev–Trinajstić information content (AvgIpc) is 3.52. The third-order valence-electron chi connectivity index (χ3n) is 6.58. The van der Waals surface area contributed by atoms with Crippen molar-refractivity contribution in [2.45, 2.75) is 25.3 Å². The molecule has 5 aromatic rings. The standard InChI is InChI=1S/C25H22FN7O2/c26-21-12-23-16(2-1-7-27-23)10-17(21)11-20-14-28-24-4-3-22(30-33(20)24)18-13-29-32(15-18)19-5-8-31(9-6-19)25(34)35/h1-4,7,10,12-15,19H,5-6,8-9,11H2,(H,34,35). The molecule has 1 fully saturated rings. The van der Waals surface area contributed by atoms with E-state index in [4.69, 9.17) is 10.2 Å². The number of nitrogens with zero attached hydrogens (tertiary/aromatic N) is 7. The molecule has 0 unspecified atom stereocenters. The van der Waals surface area contributed by atoms with Crippen LogP contribution in [0.4, 0.5) is 9.18 Å². The summed E-state index contributed by atoms with van der Waals surface area (Å²) in [7, 11) is 0. The number of benzene rings is 1. The number of fused-ring (bicyclic) bond motifs is 2. The normalized spacial score (nSPS) is 14.7. The number of carboxylic acid groups (broad SMARTS) is 1. The number of rotatable bonds is 4. The molecule has 9 nitrogen and oxygen atoms in total. The number of hydrogen-bond donors (Lipinski definition) is 1. The highest BCUT2D eigenvalue weighted by molar-refractivity contribution is 5.79. The molecule has 0 saturated carbocycles. The Labute approximate surface area is 199 Å². The van der Waals surface area contributed by atoms with Crippen LogP contribution in [0.25, 0.3) is 27.8 Å². The molecule has 1 N–H and O–H groups in total. The molecule has 6 rings (SSSR count). The van der Waals surface area contributed by atoms with Crippen molar-refractivity contribution in [2.75, 3.05) is 13.1 Å². The second kappa shape index (κ2) is 8.46. The molecule has 0 bridgehead atoms. The molecule has 176 valence electrons. The van der Waals surface area contributed by atoms with Gasteiger partial charge in [-0.3, -0.25) is 9.67 Å². The molecule has 10 heteroatoms. The van der Waals surface area contributed by atoms with Crippen molar-refractivity contribution in [1.29, 1.82) is 0 Å². The molecular formula is C25H22FN7O2. The van der Waals surface area contributed by atoms with Gasteiger partial charge in [-0.05, 0) is 42.7 Å². The van der Waals surface area contributed by atoms with E-state index in [1.165, 1.54) is 11.0 Å². The molecule has 0 aliphatic carbocycles. The topological polar surface area (TPSA) is 101 Å². The van der Waals surface area contributed by atoms with E-state index in [1.54, 1.807) is 23.1 Å². The van der Waals surface area contributed by atoms with Crippen LogP contribution in [0, 0.1) is 5.82 Å². The van der Waals surface area contributed by atoms with Crippen molar-refractivity contribution < 1.29 is 14.3 Å². The molecule has 1 amide bonds. The van der Waals surface area contributed by atoms with E-state index in [0.717, 1.165) is 35.2 Å². The van der Waals surface area contributed by atoms with Gasteiger partial charge in [0, 0.05) is 48.9 Å². The van der Waals surface area contributed by atoms with E-state index in [2.05, 4.69) is 15.1 Å². The summed E-state index contributed by atoms with van der Waals surface area (Å²) < 4.78 is 18.4. The van der Waals surface area contributed by atoms with Gasteiger partial charge in [0.05, 0.1) is 35.3 Å². The highest BCUT2D eigenvalue weighted by Gasteiger charge is 2.24. The molecular weight excluding hydrogens is 449 g/mol. The first-order valence-corrected chi connectivity index (χ1v) is 11.4. The minimum atomic E-state index is -0.876. The zero-order valence-electron chi connectivity index (χ0n) is 18.8. The monoisotopic (exact) mass is 471 g/mol. The van der Waals surface area contributed by atoms with Crippen LogP contribution in [0.5, 0.6) is 0 Å². The number of likely N-dealkylation sites (tertiary alicyclic amines) is 1. The molecule has 1 aromatic carbocycles. The predicted octanol–water partition coefficient (Wildman–Crippen LogP) is 4.19. The predicted molar refractivity (Wildman–Crippen MR) is 127 cm³/mol. The summed E-state index contributed by atoms with van der Waals surface area (Å²) in [6.07, 6.45) is 7.99. The molecule has 0 spiro atoms. The summed E-state index contributed by atoms with van der Waals surface area (Å²) in [6, 6.07) is 11.0. The van der Waals surface area contributed by atoms with Gasteiger partial charge in [-0.15, -0.1) is 0 Å². The number of pyridine rings is 1. The quantitative estimate of drug-likeness (QED) is 0.422. The second-order valence-electron chi connectivity index (χ2n) is 8.76. The Morgan fingerprint density at radius 1 is 1.11 bits per heavy atom. The lowest BCUT2D eigenvalue weighted by molar-refractivity contribution is 0.124. The molecule has 0 radical (unpaired) electrons. The van der Waals surface area contributed by atoms with Crippen molar-refractivity contribution in [2.24, 2.45) is 0 Å². The lowest BCUT2D eigenvalue weighted by Crippen LogP contribution is -2.38. The zero-order chi connectivity index (χ0) is 23.9. The Kier molecular flexibility index (Phi) is 5.13. The van der Waals surface area contributed by atoms with Gasteiger partial charge < -0.3 is 10.0 Å². The van der Waals surface area contributed by atoms with Crippen LogP contribution in [0.15, 0.2) is 61.2 Å². The summed E-state index contributed by atoms with van der Waals surface area (Å²) in [4.78, 5) is 21.2. The fraction of sp³-hybridized carbons (Fsp3) is 0.240. The third kappa shape index (κ3) is 3.96. The molecule has 1 aliphatic heterocycles. The first kappa shape index (κ1) is 21.2. The van der Waals surface area contributed by atoms with Crippen molar-refractivity contribution in [3.8, 4) is 11.3 Å². The first-order valence-electron chi connectivity index (χ1n) is 11.4. The van der Waals surface area contributed by atoms with Crippen molar-refractivity contribution in [1.82, 2.24) is 34.3 Å². The lowest BCUT2D eigenvalue weighted by Gasteiger charge is -2.29. The van der Waals surface area contributed by atoms with E-state index in [-0.39, 0.29) is 11.9 Å². The van der Waals surface area contributed by atoms with Gasteiger partial charge in [-0.25, -0.2) is 18.7 Å². The molecule has 4 aromatic heterocycles. The van der Waals surface area contributed by atoms with Crippen molar-refractivity contribution >= 4 is 22.6 Å². The zero-order valence-corrected chi connectivity index (χ0v) is 18.8. The fourth-order valence-corrected chi connectivity index (χ4v) is 4.66. The van der Waals surface area contributed by atoms with Crippen LogP contribution in [-0.4, -0.2) is 58.6 Å². The van der Waals surface area contributed by atoms with Gasteiger partial charge in [0.1, 0.15) is 5.82 Å². The maximum atomic E-state index is 14.8. The molecule has 35 heavy (non-hydrogen) atoms. The second-order valence-corrected chi connectivity index (χ2v) is 8.76. The smallest absolute Gasteiger partial charge is 0.407 e. The van der Waals surface area contributed by atoms with Crippen LogP contribution in [0.2, 0.25) is 0 Å². The van der Waals surface area contributed by atoms with E-state index in [9.17, 15) is 9.18 Å². The highest BCUT2D eigenvalue weighted by atomic mass is 19.1. The molecule has 0 atom stereocenters. The number of imidazole rings is 1. The van der Waals surface area contributed by atoms with Gasteiger partial charge in [-0.2, -0.15) is 10.2 Å². The molecule has 1 aliphatic rings. The van der Waals surface area contributed by atoms with Gasteiger partial charge in [0.15, 0.2) is 5.65 Å². The Morgan fingerprint density at radius 2 is 1.97 bits per heavy atom. The van der Waals surface area contributed by atoms with Gasteiger partial charge >= 0.3 is 6.09 Å². The number of amides is 1. The Morgan fingerprint density at radius 3 is 2.80 bits per heavy atom. The van der Waals surface area contributed by atoms with Crippen LogP contribution >= 0.6 is 0 Å². The van der Waals surface area contributed by atoms with Crippen LogP contribution in [-0.2, 0) is 6.42 Å². The van der Waals surface area contributed by atoms with E-state index in [0.29, 0.717) is 36.2 Å². The number of piperidine rings is 1. The van der Waals surface area contributed by atoms with Crippen LogP contribution in [0.1, 0.15) is 30.1 Å². The summed E-state index contributed by atoms with van der Waals surface area (Å²) >= 11 is 0. The average molecular weight is 471 g/mol. The van der Waals surface area contributed by atoms with Crippen LogP contribution < -0.4 is 0 Å². The number of hydrogen-bond acceptors (Lipinski definition) is 5. The molecule has 5 heterocycles. The fourth-order valence-electron chi connectivity index (χ4n) is 4.66. The Bertz CT molecular complexity index is 1550. The van der Waals surface area contributed by atoms with Gasteiger partial charge in [-0.1, -0.05) is 6.07 Å². The Balaban J connectivity index is 1.27. The minimum absolute atomic E-state index is 0.150. The van der Waals surface area contributed by atoms with E-state index >= 15 is 0 Å². The van der Waals surface area contributed by atoms with Gasteiger partial charge in [0.2, 0.25) is 0 Å². The van der Waals surface area contributed by atoms with Crippen molar-refractivity contribution in [3.05, 3.63) is 78.3 Å². The van der Waals surface area contributed by atoms with Gasteiger partial charge in [0.25, 0.3) is 0 Å². The SMILES string of the molecule is O=C(O)N1CCC(n2cc(-c3ccc4ncc(Cc5cc6cccnc6cc5F)n4n3)cn2)CC1. The van der Waals surface area contributed by atoms with Crippen LogP contribution in [0.3, 0.4) is 0 Å². The number of halogens is 1. The van der Waals surface area contributed by atoms with E-state index in [1.807, 2.05) is 41.2 Å². The summed E-state index contributed by atoms with van der Waals surface area (Å²) in [5, 5.41) is 19.3. The largest absolute Gasteiger partial charge is 0.465 e.